The summed E-state index contributed by atoms with van der Waals surface area (Å²) < 4.78 is 26.5. The van der Waals surface area contributed by atoms with Gasteiger partial charge in [-0.1, -0.05) is 36.4 Å². The zero-order valence-corrected chi connectivity index (χ0v) is 21.6. The van der Waals surface area contributed by atoms with Gasteiger partial charge in [0.05, 0.1) is 18.5 Å². The second kappa shape index (κ2) is 11.9. The van der Waals surface area contributed by atoms with Crippen LogP contribution >= 0.6 is 0 Å². The third kappa shape index (κ3) is 5.68. The quantitative estimate of drug-likeness (QED) is 0.197. The first-order valence-electron chi connectivity index (χ1n) is 12.9. The number of nitrogens with zero attached hydrogens (tertiary/aromatic N) is 5. The predicted molar refractivity (Wildman–Crippen MR) is 146 cm³/mol. The second-order valence-electron chi connectivity index (χ2n) is 9.05. The Morgan fingerprint density at radius 3 is 2.67 bits per heavy atom. The summed E-state index contributed by atoms with van der Waals surface area (Å²) in [6.07, 6.45) is 4.15. The summed E-state index contributed by atoms with van der Waals surface area (Å²) in [5, 5.41) is 20.3. The van der Waals surface area contributed by atoms with Crippen molar-refractivity contribution in [3.05, 3.63) is 66.1 Å². The van der Waals surface area contributed by atoms with Crippen molar-refractivity contribution in [1.29, 1.82) is 0 Å². The van der Waals surface area contributed by atoms with E-state index in [1.807, 2.05) is 41.8 Å². The summed E-state index contributed by atoms with van der Waals surface area (Å²) >= 11 is 0. The minimum atomic E-state index is -0.595. The van der Waals surface area contributed by atoms with Crippen molar-refractivity contribution in [3.8, 4) is 34.3 Å². The molecule has 5 rings (SSSR count). The Morgan fingerprint density at radius 2 is 1.92 bits per heavy atom. The van der Waals surface area contributed by atoms with Crippen LogP contribution in [0.1, 0.15) is 25.3 Å². The number of aromatic nitrogens is 5. The number of nitrogens with two attached hydrogens (primary N) is 1. The van der Waals surface area contributed by atoms with Gasteiger partial charge in [-0.25, -0.2) is 19.0 Å². The fourth-order valence-corrected chi connectivity index (χ4v) is 4.46. The smallest absolute Gasteiger partial charge is 0.199 e. The number of nitrogen functional groups attached to an aromatic ring is 1. The number of hydrogen-bond donors (Lipinski definition) is 3. The van der Waals surface area contributed by atoms with E-state index in [1.165, 1.54) is 12.1 Å². The van der Waals surface area contributed by atoms with Gasteiger partial charge in [-0.2, -0.15) is 0 Å². The van der Waals surface area contributed by atoms with E-state index in [-0.39, 0.29) is 11.6 Å². The van der Waals surface area contributed by atoms with Crippen LogP contribution in [0.4, 0.5) is 10.2 Å². The van der Waals surface area contributed by atoms with Crippen LogP contribution in [0.15, 0.2) is 59.4 Å². The van der Waals surface area contributed by atoms with E-state index in [0.29, 0.717) is 42.4 Å². The van der Waals surface area contributed by atoms with Gasteiger partial charge in [-0.05, 0) is 67.3 Å². The normalized spacial score (nSPS) is 11.3. The standard InChI is InChI=1S/C28H30FN7O3/c1-2-36-26-22(38-15-7-6-13-31-14-12-18-10-11-21(37)20(29)16-18)17-32-23(19-8-4-3-5-9-19)24(26)33-28(36)25-27(30)35-39-34-25/h3-5,8-11,16-17,31,37H,2,6-7,12-15H2,1H3,(H2,30,35). The molecule has 0 aliphatic carbocycles. The van der Waals surface area contributed by atoms with Crippen LogP contribution in [-0.4, -0.2) is 49.7 Å². The molecule has 0 spiro atoms. The van der Waals surface area contributed by atoms with Gasteiger partial charge in [0.15, 0.2) is 34.7 Å². The summed E-state index contributed by atoms with van der Waals surface area (Å²) in [7, 11) is 0. The molecule has 4 N–H and O–H groups in total. The Labute approximate surface area is 224 Å². The van der Waals surface area contributed by atoms with E-state index in [9.17, 15) is 9.50 Å². The lowest BCUT2D eigenvalue weighted by atomic mass is 10.1. The Hall–Kier alpha value is -4.51. The number of unbranched alkanes of at least 4 members (excludes halogenated alkanes) is 1. The molecule has 3 aromatic heterocycles. The number of phenolic OH excluding ortho intramolecular Hbond substituents is 1. The maximum absolute atomic E-state index is 13.5. The largest absolute Gasteiger partial charge is 0.505 e. The molecule has 2 aromatic carbocycles. The van der Waals surface area contributed by atoms with Crippen LogP contribution in [-0.2, 0) is 13.0 Å². The summed E-state index contributed by atoms with van der Waals surface area (Å²) in [5.74, 6) is 0.412. The number of pyridine rings is 1. The molecule has 0 saturated heterocycles. The van der Waals surface area contributed by atoms with Crippen LogP contribution in [0, 0.1) is 5.82 Å². The number of aromatic hydroxyl groups is 1. The van der Waals surface area contributed by atoms with Gasteiger partial charge in [0.2, 0.25) is 0 Å². The van der Waals surface area contributed by atoms with Crippen LogP contribution < -0.4 is 15.8 Å². The maximum atomic E-state index is 13.5. The Morgan fingerprint density at radius 1 is 1.08 bits per heavy atom. The van der Waals surface area contributed by atoms with Crippen molar-refractivity contribution in [1.82, 2.24) is 30.2 Å². The molecule has 0 radical (unpaired) electrons. The van der Waals surface area contributed by atoms with Crippen molar-refractivity contribution in [2.75, 3.05) is 25.4 Å². The average molecular weight is 532 g/mol. The monoisotopic (exact) mass is 531 g/mol. The third-order valence-electron chi connectivity index (χ3n) is 6.43. The molecular formula is C28H30FN7O3. The van der Waals surface area contributed by atoms with Crippen molar-refractivity contribution >= 4 is 16.9 Å². The van der Waals surface area contributed by atoms with E-state index in [0.717, 1.165) is 48.3 Å². The molecule has 5 aromatic rings. The molecule has 10 nitrogen and oxygen atoms in total. The molecule has 202 valence electrons. The average Bonchev–Trinajstić information content (AvgIpc) is 3.55. The molecule has 3 heterocycles. The van der Waals surface area contributed by atoms with Gasteiger partial charge in [-0.3, -0.25) is 0 Å². The molecule has 0 bridgehead atoms. The fraction of sp³-hybridized carbons (Fsp3) is 0.286. The number of ether oxygens (including phenoxy) is 1. The van der Waals surface area contributed by atoms with Crippen molar-refractivity contribution < 1.29 is 18.9 Å². The predicted octanol–water partition coefficient (Wildman–Crippen LogP) is 4.59. The van der Waals surface area contributed by atoms with Gasteiger partial charge in [0.1, 0.15) is 11.0 Å². The number of nitrogens with one attached hydrogen (secondary N) is 1. The van der Waals surface area contributed by atoms with Gasteiger partial charge in [0.25, 0.3) is 0 Å². The zero-order chi connectivity index (χ0) is 27.2. The van der Waals surface area contributed by atoms with Crippen LogP contribution in [0.2, 0.25) is 0 Å². The van der Waals surface area contributed by atoms with Gasteiger partial charge in [-0.15, -0.1) is 0 Å². The number of phenols is 1. The highest BCUT2D eigenvalue weighted by Gasteiger charge is 2.24. The number of hydrogen-bond acceptors (Lipinski definition) is 9. The van der Waals surface area contributed by atoms with Crippen molar-refractivity contribution in [3.63, 3.8) is 0 Å². The lowest BCUT2D eigenvalue weighted by Crippen LogP contribution is -2.19. The number of halogens is 1. The molecule has 39 heavy (non-hydrogen) atoms. The molecule has 0 fully saturated rings. The maximum Gasteiger partial charge on any atom is 0.199 e. The first kappa shape index (κ1) is 26.1. The van der Waals surface area contributed by atoms with E-state index in [1.54, 1.807) is 12.3 Å². The SMILES string of the molecule is CCn1c(-c2nonc2N)nc2c(-c3ccccc3)ncc(OCCCCNCCc3ccc(O)c(F)c3)c21. The summed E-state index contributed by atoms with van der Waals surface area (Å²) in [6, 6.07) is 14.3. The summed E-state index contributed by atoms with van der Waals surface area (Å²) in [6.45, 7) is 4.64. The minimum Gasteiger partial charge on any atom is -0.505 e. The lowest BCUT2D eigenvalue weighted by molar-refractivity contribution is 0.307. The first-order chi connectivity index (χ1) is 19.1. The minimum absolute atomic E-state index is 0.166. The molecular weight excluding hydrogens is 501 g/mol. The highest BCUT2D eigenvalue weighted by Crippen LogP contribution is 2.36. The topological polar surface area (TPSA) is 137 Å². The molecule has 0 unspecified atom stereocenters. The second-order valence-corrected chi connectivity index (χ2v) is 9.05. The van der Waals surface area contributed by atoms with E-state index in [4.69, 9.17) is 25.1 Å². The summed E-state index contributed by atoms with van der Waals surface area (Å²) in [5.41, 5.74) is 10.4. The third-order valence-corrected chi connectivity index (χ3v) is 6.43. The Kier molecular flexibility index (Phi) is 7.97. The summed E-state index contributed by atoms with van der Waals surface area (Å²) in [4.78, 5) is 9.57. The van der Waals surface area contributed by atoms with Crippen molar-refractivity contribution in [2.45, 2.75) is 32.7 Å². The van der Waals surface area contributed by atoms with Gasteiger partial charge < -0.3 is 25.5 Å². The van der Waals surface area contributed by atoms with Crippen LogP contribution in [0.5, 0.6) is 11.5 Å². The number of anilines is 1. The van der Waals surface area contributed by atoms with E-state index < -0.39 is 5.82 Å². The molecule has 11 heteroatoms. The molecule has 0 aliphatic rings. The fourth-order valence-electron chi connectivity index (χ4n) is 4.46. The highest BCUT2D eigenvalue weighted by molar-refractivity contribution is 5.95. The van der Waals surface area contributed by atoms with Crippen LogP contribution in [0.3, 0.4) is 0 Å². The number of aryl methyl sites for hydroxylation is 1. The lowest BCUT2D eigenvalue weighted by Gasteiger charge is -2.12. The number of benzene rings is 2. The molecule has 0 amide bonds. The van der Waals surface area contributed by atoms with Gasteiger partial charge >= 0.3 is 0 Å². The van der Waals surface area contributed by atoms with Crippen molar-refractivity contribution in [2.24, 2.45) is 0 Å². The number of fused-ring (bicyclic) bond motifs is 1. The van der Waals surface area contributed by atoms with E-state index in [2.05, 4.69) is 15.6 Å². The molecule has 0 saturated carbocycles. The van der Waals surface area contributed by atoms with Gasteiger partial charge in [0, 0.05) is 12.1 Å². The number of rotatable bonds is 12. The zero-order valence-electron chi connectivity index (χ0n) is 21.6. The molecule has 0 aliphatic heterocycles. The Balaban J connectivity index is 1.26. The van der Waals surface area contributed by atoms with Crippen LogP contribution in [0.25, 0.3) is 33.8 Å². The van der Waals surface area contributed by atoms with E-state index >= 15 is 0 Å². The number of imidazole rings is 1. The highest BCUT2D eigenvalue weighted by atomic mass is 19.1. The first-order valence-corrected chi connectivity index (χ1v) is 12.9. The Bertz CT molecular complexity index is 1550. The molecule has 0 atom stereocenters.